The normalized spacial score (nSPS) is 11.6. The van der Waals surface area contributed by atoms with Gasteiger partial charge in [0.2, 0.25) is 0 Å². The Labute approximate surface area is 54.0 Å². The average Bonchev–Trinajstić information content (AvgIpc) is 1.65. The second kappa shape index (κ2) is 3.69. The third kappa shape index (κ3) is 3.89. The molecule has 0 saturated heterocycles. The molecule has 0 spiro atoms. The van der Waals surface area contributed by atoms with Gasteiger partial charge in [-0.1, -0.05) is 6.58 Å². The summed E-state index contributed by atoms with van der Waals surface area (Å²) in [5.41, 5.74) is 0.792. The molecule has 0 atom stereocenters. The minimum Gasteiger partial charge on any atom is -0.273 e. The number of aliphatic imine (C=N–C) groups is 1. The quantitative estimate of drug-likeness (QED) is 0.332. The summed E-state index contributed by atoms with van der Waals surface area (Å²) in [5.74, 6) is 0. The SMILES string of the molecule is C=C(C)/N=C(/C)SN. The highest BCUT2D eigenvalue weighted by Gasteiger charge is 1.83. The molecule has 0 unspecified atom stereocenters. The molecule has 0 aliphatic rings. The highest BCUT2D eigenvalue weighted by Crippen LogP contribution is 1.96. The molecule has 0 amide bonds. The minimum absolute atomic E-state index is 0.792. The van der Waals surface area contributed by atoms with Crippen molar-refractivity contribution >= 4 is 17.0 Å². The summed E-state index contributed by atoms with van der Waals surface area (Å²) in [5, 5.41) is 6.01. The Bertz CT molecular complexity index is 118. The molecule has 8 heavy (non-hydrogen) atoms. The molecule has 0 bridgehead atoms. The van der Waals surface area contributed by atoms with Crippen molar-refractivity contribution in [2.45, 2.75) is 13.8 Å². The number of hydrogen-bond donors (Lipinski definition) is 1. The minimum atomic E-state index is 0.792. The van der Waals surface area contributed by atoms with Crippen LogP contribution in [0.2, 0.25) is 0 Å². The van der Waals surface area contributed by atoms with Crippen LogP contribution < -0.4 is 5.14 Å². The fourth-order valence-electron chi connectivity index (χ4n) is 0.295. The van der Waals surface area contributed by atoms with Crippen molar-refractivity contribution in [1.29, 1.82) is 0 Å². The van der Waals surface area contributed by atoms with Crippen LogP contribution in [0.5, 0.6) is 0 Å². The molecule has 0 aliphatic carbocycles. The summed E-state index contributed by atoms with van der Waals surface area (Å²) in [6.07, 6.45) is 0. The lowest BCUT2D eigenvalue weighted by Crippen LogP contribution is -1.88. The Morgan fingerprint density at radius 1 is 1.62 bits per heavy atom. The van der Waals surface area contributed by atoms with Gasteiger partial charge in [-0.2, -0.15) is 0 Å². The Balaban J connectivity index is 3.75. The maximum atomic E-state index is 5.17. The third-order valence-electron chi connectivity index (χ3n) is 0.519. The second-order valence-electron chi connectivity index (χ2n) is 1.48. The van der Waals surface area contributed by atoms with Gasteiger partial charge in [0.25, 0.3) is 0 Å². The van der Waals surface area contributed by atoms with Crippen molar-refractivity contribution in [2.24, 2.45) is 10.1 Å². The van der Waals surface area contributed by atoms with Crippen molar-refractivity contribution in [3.8, 4) is 0 Å². The summed E-state index contributed by atoms with van der Waals surface area (Å²) >= 11 is 1.14. The first kappa shape index (κ1) is 7.72. The first-order chi connectivity index (χ1) is 3.66. The molecule has 0 aromatic heterocycles. The van der Waals surface area contributed by atoms with E-state index in [1.807, 2.05) is 13.8 Å². The van der Waals surface area contributed by atoms with Gasteiger partial charge in [0, 0.05) is 5.70 Å². The van der Waals surface area contributed by atoms with Gasteiger partial charge in [-0.25, -0.2) is 0 Å². The molecule has 46 valence electrons. The molecule has 0 aromatic carbocycles. The highest BCUT2D eigenvalue weighted by molar-refractivity contribution is 8.11. The van der Waals surface area contributed by atoms with Gasteiger partial charge in [0.05, 0.1) is 5.04 Å². The van der Waals surface area contributed by atoms with Crippen LogP contribution in [-0.4, -0.2) is 5.04 Å². The van der Waals surface area contributed by atoms with Crippen LogP contribution in [0.15, 0.2) is 17.3 Å². The maximum absolute atomic E-state index is 5.17. The summed E-state index contributed by atoms with van der Waals surface area (Å²) in [7, 11) is 0. The van der Waals surface area contributed by atoms with Gasteiger partial charge in [-0.05, 0) is 25.8 Å². The Morgan fingerprint density at radius 2 is 2.12 bits per heavy atom. The fourth-order valence-corrected chi connectivity index (χ4v) is 0.504. The molecule has 3 heteroatoms. The van der Waals surface area contributed by atoms with E-state index in [9.17, 15) is 0 Å². The molecule has 0 radical (unpaired) electrons. The number of nitrogens with two attached hydrogens (primary N) is 1. The molecule has 2 nitrogen and oxygen atoms in total. The lowest BCUT2D eigenvalue weighted by Gasteiger charge is -1.90. The molecule has 0 aliphatic heterocycles. The average molecular weight is 130 g/mol. The van der Waals surface area contributed by atoms with Crippen LogP contribution >= 0.6 is 11.9 Å². The Morgan fingerprint density at radius 3 is 2.25 bits per heavy atom. The molecule has 2 N–H and O–H groups in total. The number of hydrogen-bond acceptors (Lipinski definition) is 3. The zero-order chi connectivity index (χ0) is 6.57. The zero-order valence-electron chi connectivity index (χ0n) is 5.14. The zero-order valence-corrected chi connectivity index (χ0v) is 5.96. The van der Waals surface area contributed by atoms with Crippen LogP contribution in [0.25, 0.3) is 0 Å². The van der Waals surface area contributed by atoms with Crippen LogP contribution in [0.1, 0.15) is 13.8 Å². The van der Waals surface area contributed by atoms with E-state index < -0.39 is 0 Å². The van der Waals surface area contributed by atoms with E-state index in [-0.39, 0.29) is 0 Å². The van der Waals surface area contributed by atoms with Crippen LogP contribution in [-0.2, 0) is 0 Å². The van der Waals surface area contributed by atoms with Crippen molar-refractivity contribution in [3.05, 3.63) is 12.3 Å². The standard InChI is InChI=1S/C5H10N2S/c1-4(2)7-5(3)8-6/h1,6H2,2-3H3/b7-5-. The number of nitrogens with zero attached hydrogens (tertiary/aromatic N) is 1. The molecule has 0 rings (SSSR count). The number of allylic oxidation sites excluding steroid dienone is 1. The first-order valence-electron chi connectivity index (χ1n) is 2.24. The van der Waals surface area contributed by atoms with Crippen molar-refractivity contribution in [1.82, 2.24) is 0 Å². The van der Waals surface area contributed by atoms with E-state index in [1.54, 1.807) is 0 Å². The van der Waals surface area contributed by atoms with Crippen LogP contribution in [0, 0.1) is 0 Å². The first-order valence-corrected chi connectivity index (χ1v) is 3.12. The largest absolute Gasteiger partial charge is 0.273 e. The third-order valence-corrected chi connectivity index (χ3v) is 0.951. The van der Waals surface area contributed by atoms with Crippen molar-refractivity contribution < 1.29 is 0 Å². The lowest BCUT2D eigenvalue weighted by atomic mass is 10.6. The summed E-state index contributed by atoms with van der Waals surface area (Å²) in [6, 6.07) is 0. The Hall–Kier alpha value is -0.280. The summed E-state index contributed by atoms with van der Waals surface area (Å²) in [6.45, 7) is 7.27. The van der Waals surface area contributed by atoms with Gasteiger partial charge in [0.15, 0.2) is 0 Å². The Kier molecular flexibility index (Phi) is 3.56. The maximum Gasteiger partial charge on any atom is 0.0851 e. The van der Waals surface area contributed by atoms with Gasteiger partial charge < -0.3 is 0 Å². The topological polar surface area (TPSA) is 38.4 Å². The summed E-state index contributed by atoms with van der Waals surface area (Å²) < 4.78 is 0. The van der Waals surface area contributed by atoms with E-state index in [2.05, 4.69) is 11.6 Å². The van der Waals surface area contributed by atoms with Gasteiger partial charge >= 0.3 is 0 Å². The molecule has 0 aromatic rings. The fraction of sp³-hybridized carbons (Fsp3) is 0.400. The van der Waals surface area contributed by atoms with E-state index in [0.29, 0.717) is 0 Å². The highest BCUT2D eigenvalue weighted by atomic mass is 32.2. The van der Waals surface area contributed by atoms with Crippen molar-refractivity contribution in [2.75, 3.05) is 0 Å². The van der Waals surface area contributed by atoms with Crippen molar-refractivity contribution in [3.63, 3.8) is 0 Å². The van der Waals surface area contributed by atoms with Gasteiger partial charge in [0.1, 0.15) is 0 Å². The van der Waals surface area contributed by atoms with E-state index in [0.717, 1.165) is 22.7 Å². The van der Waals surface area contributed by atoms with Gasteiger partial charge in [-0.15, -0.1) is 0 Å². The smallest absolute Gasteiger partial charge is 0.0851 e. The molecule has 0 saturated carbocycles. The summed E-state index contributed by atoms with van der Waals surface area (Å²) in [4.78, 5) is 3.96. The van der Waals surface area contributed by atoms with E-state index in [4.69, 9.17) is 5.14 Å². The van der Waals surface area contributed by atoms with E-state index >= 15 is 0 Å². The molecular formula is C5H10N2S. The number of rotatable bonds is 1. The predicted molar refractivity (Wildman–Crippen MR) is 39.7 cm³/mol. The molecule has 0 fully saturated rings. The predicted octanol–water partition coefficient (Wildman–Crippen LogP) is 1.55. The molecular weight excluding hydrogens is 120 g/mol. The second-order valence-corrected chi connectivity index (χ2v) is 2.31. The monoisotopic (exact) mass is 130 g/mol. The van der Waals surface area contributed by atoms with Crippen LogP contribution in [0.4, 0.5) is 0 Å². The molecule has 0 heterocycles. The lowest BCUT2D eigenvalue weighted by molar-refractivity contribution is 1.33. The van der Waals surface area contributed by atoms with Gasteiger partial charge in [-0.3, -0.25) is 10.1 Å². The van der Waals surface area contributed by atoms with Crippen LogP contribution in [0.3, 0.4) is 0 Å². The van der Waals surface area contributed by atoms with E-state index in [1.165, 1.54) is 0 Å².